The molecule has 0 aromatic heterocycles. The smallest absolute Gasteiger partial charge is 0.241 e. The normalized spacial score (nSPS) is 30.7. The van der Waals surface area contributed by atoms with E-state index in [2.05, 4.69) is 46.6 Å². The molecular weight excluding hydrogens is 296 g/mol. The van der Waals surface area contributed by atoms with Crippen LogP contribution < -0.4 is 5.32 Å². The summed E-state index contributed by atoms with van der Waals surface area (Å²) in [5.74, 6) is 0.959. The van der Waals surface area contributed by atoms with E-state index in [1.807, 2.05) is 0 Å². The van der Waals surface area contributed by atoms with Gasteiger partial charge in [-0.3, -0.25) is 9.69 Å². The van der Waals surface area contributed by atoms with Gasteiger partial charge in [0.1, 0.15) is 5.54 Å². The van der Waals surface area contributed by atoms with Crippen LogP contribution in [0.15, 0.2) is 36.4 Å². The van der Waals surface area contributed by atoms with Gasteiger partial charge in [-0.1, -0.05) is 36.4 Å². The van der Waals surface area contributed by atoms with Gasteiger partial charge in [-0.15, -0.1) is 0 Å². The standard InChI is InChI=1S/C21H28N2O/c24-20-21(14-18-10-4-5-11-19(18)15-22-20)12-6-7-13-23(21)16-17-8-2-1-3-9-17/h1-2,4-5,10-11,17H,3,6-9,12-16H2,(H,22,24). The summed E-state index contributed by atoms with van der Waals surface area (Å²) < 4.78 is 0. The summed E-state index contributed by atoms with van der Waals surface area (Å²) >= 11 is 0. The highest BCUT2D eigenvalue weighted by molar-refractivity contribution is 5.87. The molecule has 2 heterocycles. The van der Waals surface area contributed by atoms with Gasteiger partial charge in [0.05, 0.1) is 0 Å². The van der Waals surface area contributed by atoms with E-state index in [0.29, 0.717) is 12.5 Å². The Balaban J connectivity index is 1.63. The monoisotopic (exact) mass is 324 g/mol. The summed E-state index contributed by atoms with van der Waals surface area (Å²) in [6, 6.07) is 8.57. The average molecular weight is 324 g/mol. The van der Waals surface area contributed by atoms with Crippen LogP contribution in [0.5, 0.6) is 0 Å². The summed E-state index contributed by atoms with van der Waals surface area (Å²) in [4.78, 5) is 15.7. The largest absolute Gasteiger partial charge is 0.350 e. The molecule has 3 heteroatoms. The SMILES string of the molecule is O=C1NCc2ccccc2CC12CCCCN2CC1CC=CCC1. The Labute approximate surface area is 145 Å². The number of nitrogens with zero attached hydrogens (tertiary/aromatic N) is 1. The lowest BCUT2D eigenvalue weighted by Crippen LogP contribution is -2.62. The molecule has 1 aromatic rings. The minimum Gasteiger partial charge on any atom is -0.350 e. The molecule has 1 aliphatic carbocycles. The molecule has 1 aromatic carbocycles. The number of carbonyl (C=O) groups excluding carboxylic acids is 1. The molecule has 3 nitrogen and oxygen atoms in total. The minimum atomic E-state index is -0.327. The molecule has 2 unspecified atom stereocenters. The number of rotatable bonds is 2. The maximum Gasteiger partial charge on any atom is 0.241 e. The van der Waals surface area contributed by atoms with Crippen molar-refractivity contribution in [3.8, 4) is 0 Å². The van der Waals surface area contributed by atoms with Gasteiger partial charge in [0, 0.05) is 19.5 Å². The topological polar surface area (TPSA) is 32.3 Å². The number of allylic oxidation sites excluding steroid dienone is 2. The minimum absolute atomic E-state index is 0.254. The first-order chi connectivity index (χ1) is 11.8. The second kappa shape index (κ2) is 6.72. The highest BCUT2D eigenvalue weighted by atomic mass is 16.2. The number of fused-ring (bicyclic) bond motifs is 1. The number of benzene rings is 1. The van der Waals surface area contributed by atoms with Gasteiger partial charge in [-0.05, 0) is 62.1 Å². The Morgan fingerprint density at radius 3 is 2.88 bits per heavy atom. The van der Waals surface area contributed by atoms with Crippen LogP contribution in [0.2, 0.25) is 0 Å². The zero-order valence-electron chi connectivity index (χ0n) is 14.5. The number of hydrogen-bond acceptors (Lipinski definition) is 2. The van der Waals surface area contributed by atoms with Gasteiger partial charge in [0.15, 0.2) is 0 Å². The third kappa shape index (κ3) is 2.90. The fraction of sp³-hybridized carbons (Fsp3) is 0.571. The fourth-order valence-electron chi connectivity index (χ4n) is 4.79. The van der Waals surface area contributed by atoms with Crippen LogP contribution in [-0.4, -0.2) is 29.4 Å². The van der Waals surface area contributed by atoms with Gasteiger partial charge in [0.25, 0.3) is 0 Å². The lowest BCUT2D eigenvalue weighted by atomic mass is 9.79. The molecule has 2 atom stereocenters. The quantitative estimate of drug-likeness (QED) is 0.845. The molecule has 1 amide bonds. The first-order valence-corrected chi connectivity index (χ1v) is 9.53. The first-order valence-electron chi connectivity index (χ1n) is 9.53. The Morgan fingerprint density at radius 1 is 1.17 bits per heavy atom. The Bertz CT molecular complexity index is 638. The number of hydrogen-bond donors (Lipinski definition) is 1. The first kappa shape index (κ1) is 15.9. The average Bonchev–Trinajstić information content (AvgIpc) is 2.76. The predicted molar refractivity (Wildman–Crippen MR) is 96.6 cm³/mol. The summed E-state index contributed by atoms with van der Waals surface area (Å²) in [5.41, 5.74) is 2.31. The molecular formula is C21H28N2O. The molecule has 2 aliphatic heterocycles. The molecule has 24 heavy (non-hydrogen) atoms. The lowest BCUT2D eigenvalue weighted by Gasteiger charge is -2.47. The van der Waals surface area contributed by atoms with Crippen molar-refractivity contribution < 1.29 is 4.79 Å². The van der Waals surface area contributed by atoms with Gasteiger partial charge in [0.2, 0.25) is 5.91 Å². The second-order valence-corrected chi connectivity index (χ2v) is 7.71. The zero-order chi connectivity index (χ0) is 16.4. The Morgan fingerprint density at radius 2 is 2.04 bits per heavy atom. The maximum atomic E-state index is 13.1. The number of piperidine rings is 1. The molecule has 0 bridgehead atoms. The summed E-state index contributed by atoms with van der Waals surface area (Å²) in [6.45, 7) is 2.81. The van der Waals surface area contributed by atoms with E-state index in [4.69, 9.17) is 0 Å². The molecule has 128 valence electrons. The molecule has 1 spiro atoms. The molecule has 1 saturated heterocycles. The summed E-state index contributed by atoms with van der Waals surface area (Å²) in [5, 5.41) is 3.23. The highest BCUT2D eigenvalue weighted by Crippen LogP contribution is 2.36. The van der Waals surface area contributed by atoms with Crippen LogP contribution in [0.25, 0.3) is 0 Å². The van der Waals surface area contributed by atoms with Crippen molar-refractivity contribution in [3.05, 3.63) is 47.5 Å². The van der Waals surface area contributed by atoms with Crippen molar-refractivity contribution in [2.45, 2.75) is 57.0 Å². The Kier molecular flexibility index (Phi) is 4.45. The second-order valence-electron chi connectivity index (χ2n) is 7.71. The zero-order valence-corrected chi connectivity index (χ0v) is 14.5. The van der Waals surface area contributed by atoms with Crippen LogP contribution in [0.3, 0.4) is 0 Å². The third-order valence-electron chi connectivity index (χ3n) is 6.19. The van der Waals surface area contributed by atoms with Crippen molar-refractivity contribution in [2.75, 3.05) is 13.1 Å². The highest BCUT2D eigenvalue weighted by Gasteiger charge is 2.47. The van der Waals surface area contributed by atoms with E-state index in [0.717, 1.165) is 32.4 Å². The number of nitrogens with one attached hydrogen (secondary N) is 1. The Hall–Kier alpha value is -1.61. The number of carbonyl (C=O) groups is 1. The van der Waals surface area contributed by atoms with E-state index in [1.54, 1.807) is 0 Å². The van der Waals surface area contributed by atoms with Gasteiger partial charge >= 0.3 is 0 Å². The van der Waals surface area contributed by atoms with Crippen LogP contribution in [0, 0.1) is 5.92 Å². The molecule has 0 saturated carbocycles. The third-order valence-corrected chi connectivity index (χ3v) is 6.19. The summed E-state index contributed by atoms with van der Waals surface area (Å²) in [6.07, 6.45) is 12.5. The number of amides is 1. The lowest BCUT2D eigenvalue weighted by molar-refractivity contribution is -0.136. The van der Waals surface area contributed by atoms with Gasteiger partial charge < -0.3 is 5.32 Å². The van der Waals surface area contributed by atoms with Crippen LogP contribution >= 0.6 is 0 Å². The number of likely N-dealkylation sites (tertiary alicyclic amines) is 1. The van der Waals surface area contributed by atoms with Gasteiger partial charge in [-0.25, -0.2) is 0 Å². The summed E-state index contributed by atoms with van der Waals surface area (Å²) in [7, 11) is 0. The van der Waals surface area contributed by atoms with E-state index >= 15 is 0 Å². The molecule has 3 aliphatic rings. The van der Waals surface area contributed by atoms with Crippen LogP contribution in [0.4, 0.5) is 0 Å². The van der Waals surface area contributed by atoms with Crippen LogP contribution in [-0.2, 0) is 17.8 Å². The maximum absolute atomic E-state index is 13.1. The molecule has 0 radical (unpaired) electrons. The van der Waals surface area contributed by atoms with Crippen molar-refractivity contribution in [1.29, 1.82) is 0 Å². The molecule has 4 rings (SSSR count). The van der Waals surface area contributed by atoms with Crippen molar-refractivity contribution >= 4 is 5.91 Å². The van der Waals surface area contributed by atoms with Crippen molar-refractivity contribution in [2.24, 2.45) is 5.92 Å². The van der Waals surface area contributed by atoms with Gasteiger partial charge in [-0.2, -0.15) is 0 Å². The van der Waals surface area contributed by atoms with Crippen LogP contribution in [0.1, 0.15) is 49.7 Å². The molecule has 1 fully saturated rings. The van der Waals surface area contributed by atoms with E-state index in [1.165, 1.54) is 36.8 Å². The van der Waals surface area contributed by atoms with Crippen molar-refractivity contribution in [3.63, 3.8) is 0 Å². The predicted octanol–water partition coefficient (Wildman–Crippen LogP) is 3.44. The fourth-order valence-corrected chi connectivity index (χ4v) is 4.79. The van der Waals surface area contributed by atoms with Crippen molar-refractivity contribution in [1.82, 2.24) is 10.2 Å². The van der Waals surface area contributed by atoms with E-state index in [9.17, 15) is 4.79 Å². The van der Waals surface area contributed by atoms with E-state index in [-0.39, 0.29) is 11.4 Å². The van der Waals surface area contributed by atoms with E-state index < -0.39 is 0 Å². The molecule has 1 N–H and O–H groups in total.